The second-order valence-corrected chi connectivity index (χ2v) is 6.78. The summed E-state index contributed by atoms with van der Waals surface area (Å²) >= 11 is 0. The summed E-state index contributed by atoms with van der Waals surface area (Å²) in [5.41, 5.74) is 5.65. The Kier molecular flexibility index (Phi) is 4.61. The van der Waals surface area contributed by atoms with E-state index in [0.29, 0.717) is 18.4 Å². The third-order valence-electron chi connectivity index (χ3n) is 3.98. The van der Waals surface area contributed by atoms with E-state index in [4.69, 9.17) is 5.73 Å². The molecule has 114 valence electrons. The Hall–Kier alpha value is -1.50. The molecule has 0 fully saturated rings. The van der Waals surface area contributed by atoms with Crippen molar-refractivity contribution in [1.82, 2.24) is 9.71 Å². The summed E-state index contributed by atoms with van der Waals surface area (Å²) in [6.45, 7) is 4.12. The Morgan fingerprint density at radius 3 is 2.48 bits per heavy atom. The number of nitrogens with one attached hydrogen (secondary N) is 1. The van der Waals surface area contributed by atoms with Crippen LogP contribution in [0.25, 0.3) is 10.9 Å². The highest BCUT2D eigenvalue weighted by molar-refractivity contribution is 7.89. The van der Waals surface area contributed by atoms with Crippen molar-refractivity contribution < 1.29 is 8.42 Å². The van der Waals surface area contributed by atoms with Crippen LogP contribution in [0.4, 0.5) is 0 Å². The lowest BCUT2D eigenvalue weighted by molar-refractivity contribution is 0.363. The van der Waals surface area contributed by atoms with E-state index in [9.17, 15) is 8.42 Å². The average Bonchev–Trinajstić information content (AvgIpc) is 2.52. The molecule has 0 atom stereocenters. The smallest absolute Gasteiger partial charge is 0.243 e. The minimum Gasteiger partial charge on any atom is -0.329 e. The molecule has 2 rings (SSSR count). The van der Waals surface area contributed by atoms with Gasteiger partial charge in [-0.1, -0.05) is 32.0 Å². The van der Waals surface area contributed by atoms with Crippen LogP contribution >= 0.6 is 0 Å². The van der Waals surface area contributed by atoms with Crippen LogP contribution in [0.5, 0.6) is 0 Å². The monoisotopic (exact) mass is 307 g/mol. The van der Waals surface area contributed by atoms with Crippen molar-refractivity contribution in [2.75, 3.05) is 6.54 Å². The van der Waals surface area contributed by atoms with E-state index < -0.39 is 15.6 Å². The topological polar surface area (TPSA) is 85.1 Å². The molecule has 0 aliphatic heterocycles. The summed E-state index contributed by atoms with van der Waals surface area (Å²) in [6, 6.07) is 8.77. The molecule has 1 heterocycles. The molecular formula is C15H21N3O2S. The van der Waals surface area contributed by atoms with E-state index in [1.54, 1.807) is 24.4 Å². The van der Waals surface area contributed by atoms with Crippen LogP contribution in [0.3, 0.4) is 0 Å². The molecular weight excluding hydrogens is 286 g/mol. The highest BCUT2D eigenvalue weighted by Gasteiger charge is 2.31. The molecule has 0 aliphatic rings. The van der Waals surface area contributed by atoms with Crippen molar-refractivity contribution in [1.29, 1.82) is 0 Å². The zero-order chi connectivity index (χ0) is 15.5. The quantitative estimate of drug-likeness (QED) is 0.855. The largest absolute Gasteiger partial charge is 0.329 e. The van der Waals surface area contributed by atoms with Crippen molar-refractivity contribution in [3.63, 3.8) is 0 Å². The van der Waals surface area contributed by atoms with Crippen LogP contribution in [-0.2, 0) is 10.0 Å². The molecule has 0 spiro atoms. The van der Waals surface area contributed by atoms with Gasteiger partial charge in [-0.15, -0.1) is 0 Å². The summed E-state index contributed by atoms with van der Waals surface area (Å²) in [5, 5.41) is 0.798. The normalized spacial score (nSPS) is 12.7. The molecule has 0 amide bonds. The minimum atomic E-state index is -3.67. The molecule has 6 heteroatoms. The number of hydrogen-bond donors (Lipinski definition) is 2. The van der Waals surface area contributed by atoms with E-state index in [2.05, 4.69) is 9.71 Å². The Balaban J connectivity index is 2.52. The zero-order valence-electron chi connectivity index (χ0n) is 12.3. The third kappa shape index (κ3) is 3.07. The van der Waals surface area contributed by atoms with Gasteiger partial charge in [0.1, 0.15) is 4.90 Å². The maximum atomic E-state index is 12.7. The number of sulfonamides is 1. The van der Waals surface area contributed by atoms with E-state index in [-0.39, 0.29) is 11.4 Å². The predicted octanol–water partition coefficient (Wildman–Crippen LogP) is 2.03. The van der Waals surface area contributed by atoms with Gasteiger partial charge in [0, 0.05) is 23.7 Å². The first kappa shape index (κ1) is 15.9. The molecule has 0 bridgehead atoms. The van der Waals surface area contributed by atoms with Crippen LogP contribution in [0.15, 0.2) is 41.4 Å². The first-order valence-electron chi connectivity index (χ1n) is 7.06. The molecule has 21 heavy (non-hydrogen) atoms. The molecule has 2 aromatic rings. The lowest BCUT2D eigenvalue weighted by atomic mass is 9.95. The van der Waals surface area contributed by atoms with Gasteiger partial charge in [0.15, 0.2) is 0 Å². The van der Waals surface area contributed by atoms with Gasteiger partial charge < -0.3 is 5.73 Å². The molecule has 1 aromatic carbocycles. The maximum Gasteiger partial charge on any atom is 0.243 e. The average molecular weight is 307 g/mol. The lowest BCUT2D eigenvalue weighted by Crippen LogP contribution is -2.52. The van der Waals surface area contributed by atoms with Gasteiger partial charge in [0.2, 0.25) is 10.0 Å². The van der Waals surface area contributed by atoms with E-state index >= 15 is 0 Å². The van der Waals surface area contributed by atoms with Crippen molar-refractivity contribution in [3.8, 4) is 0 Å². The number of hydrogen-bond acceptors (Lipinski definition) is 4. The first-order chi connectivity index (χ1) is 9.98. The molecule has 0 saturated carbocycles. The molecule has 0 radical (unpaired) electrons. The van der Waals surface area contributed by atoms with Crippen molar-refractivity contribution >= 4 is 20.9 Å². The van der Waals surface area contributed by atoms with Crippen LogP contribution < -0.4 is 10.5 Å². The molecule has 3 N–H and O–H groups in total. The number of aromatic nitrogens is 1. The summed E-state index contributed by atoms with van der Waals surface area (Å²) in [7, 11) is -3.67. The highest BCUT2D eigenvalue weighted by atomic mass is 32.2. The van der Waals surface area contributed by atoms with E-state index in [1.807, 2.05) is 26.0 Å². The molecule has 0 saturated heterocycles. The van der Waals surface area contributed by atoms with Crippen molar-refractivity contribution in [3.05, 3.63) is 36.5 Å². The van der Waals surface area contributed by atoms with Crippen LogP contribution in [0.1, 0.15) is 26.7 Å². The number of benzene rings is 1. The van der Waals surface area contributed by atoms with Crippen LogP contribution in [0, 0.1) is 0 Å². The van der Waals surface area contributed by atoms with E-state index in [1.165, 1.54) is 0 Å². The highest BCUT2D eigenvalue weighted by Crippen LogP contribution is 2.23. The number of para-hydroxylation sites is 1. The fourth-order valence-electron chi connectivity index (χ4n) is 2.36. The second-order valence-electron chi connectivity index (χ2n) is 5.13. The number of pyridine rings is 1. The number of nitrogens with zero attached hydrogens (tertiary/aromatic N) is 1. The van der Waals surface area contributed by atoms with Gasteiger partial charge in [-0.2, -0.15) is 0 Å². The van der Waals surface area contributed by atoms with Gasteiger partial charge >= 0.3 is 0 Å². The zero-order valence-corrected chi connectivity index (χ0v) is 13.2. The van der Waals surface area contributed by atoms with Gasteiger partial charge in [-0.25, -0.2) is 13.1 Å². The Morgan fingerprint density at radius 1 is 1.19 bits per heavy atom. The fraction of sp³-hybridized carbons (Fsp3) is 0.400. The van der Waals surface area contributed by atoms with Gasteiger partial charge in [-0.3, -0.25) is 4.98 Å². The van der Waals surface area contributed by atoms with Crippen LogP contribution in [-0.4, -0.2) is 25.5 Å². The minimum absolute atomic E-state index is 0.195. The maximum absolute atomic E-state index is 12.7. The summed E-state index contributed by atoms with van der Waals surface area (Å²) in [5.74, 6) is 0. The molecule has 0 aliphatic carbocycles. The lowest BCUT2D eigenvalue weighted by Gasteiger charge is -2.31. The van der Waals surface area contributed by atoms with E-state index in [0.717, 1.165) is 5.39 Å². The Morgan fingerprint density at radius 2 is 1.86 bits per heavy atom. The van der Waals surface area contributed by atoms with Crippen molar-refractivity contribution in [2.24, 2.45) is 5.73 Å². The number of rotatable bonds is 6. The number of fused-ring (bicyclic) bond motifs is 1. The van der Waals surface area contributed by atoms with Crippen molar-refractivity contribution in [2.45, 2.75) is 37.1 Å². The predicted molar refractivity (Wildman–Crippen MR) is 84.4 cm³/mol. The Labute approximate surface area is 125 Å². The SMILES string of the molecule is CCC(CC)(CN)NS(=O)(=O)c1cccc2cccnc12. The fourth-order valence-corrected chi connectivity index (χ4v) is 4.09. The van der Waals surface area contributed by atoms with Gasteiger partial charge in [-0.05, 0) is 25.0 Å². The second kappa shape index (κ2) is 6.09. The van der Waals surface area contributed by atoms with Crippen LogP contribution in [0.2, 0.25) is 0 Å². The van der Waals surface area contributed by atoms with Gasteiger partial charge in [0.25, 0.3) is 0 Å². The molecule has 0 unspecified atom stereocenters. The standard InChI is InChI=1S/C15H21N3O2S/c1-3-15(4-2,11-16)18-21(19,20)13-9-5-7-12-8-6-10-17-14(12)13/h5-10,18H,3-4,11,16H2,1-2H3. The molecule has 1 aromatic heterocycles. The Bertz CT molecular complexity index is 711. The molecule has 5 nitrogen and oxygen atoms in total. The summed E-state index contributed by atoms with van der Waals surface area (Å²) < 4.78 is 28.2. The van der Waals surface area contributed by atoms with Gasteiger partial charge in [0.05, 0.1) is 5.52 Å². The third-order valence-corrected chi connectivity index (χ3v) is 5.59. The summed E-state index contributed by atoms with van der Waals surface area (Å²) in [4.78, 5) is 4.40. The number of nitrogens with two attached hydrogens (primary N) is 1. The first-order valence-corrected chi connectivity index (χ1v) is 8.54. The summed E-state index contributed by atoms with van der Waals surface area (Å²) in [6.07, 6.45) is 2.87.